The van der Waals surface area contributed by atoms with Crippen LogP contribution in [0.15, 0.2) is 18.2 Å². The fraction of sp³-hybridized carbons (Fsp3) is 0.533. The van der Waals surface area contributed by atoms with Gasteiger partial charge in [-0.05, 0) is 37.6 Å². The summed E-state index contributed by atoms with van der Waals surface area (Å²) in [7, 11) is 0. The summed E-state index contributed by atoms with van der Waals surface area (Å²) in [6.07, 6.45) is 1.02. The first kappa shape index (κ1) is 14.9. The minimum absolute atomic E-state index is 0.0842. The monoisotopic (exact) mass is 279 g/mol. The summed E-state index contributed by atoms with van der Waals surface area (Å²) in [6, 6.07) is 4.87. The summed E-state index contributed by atoms with van der Waals surface area (Å²) in [5, 5.41) is 6.02. The lowest BCUT2D eigenvalue weighted by molar-refractivity contribution is -0.118. The van der Waals surface area contributed by atoms with Crippen LogP contribution in [-0.2, 0) is 4.79 Å². The van der Waals surface area contributed by atoms with Crippen LogP contribution in [0.1, 0.15) is 18.9 Å². The number of rotatable bonds is 6. The van der Waals surface area contributed by atoms with E-state index in [1.807, 2.05) is 6.92 Å². The highest BCUT2D eigenvalue weighted by Crippen LogP contribution is 2.16. The van der Waals surface area contributed by atoms with Crippen molar-refractivity contribution in [1.29, 1.82) is 0 Å². The van der Waals surface area contributed by atoms with Gasteiger partial charge in [-0.3, -0.25) is 9.69 Å². The molecule has 1 amide bonds. The van der Waals surface area contributed by atoms with Gasteiger partial charge in [0.25, 0.3) is 0 Å². The first-order chi connectivity index (χ1) is 9.60. The van der Waals surface area contributed by atoms with E-state index in [1.54, 1.807) is 6.07 Å². The summed E-state index contributed by atoms with van der Waals surface area (Å²) in [4.78, 5) is 14.3. The number of amides is 1. The molecule has 1 saturated heterocycles. The molecule has 2 rings (SSSR count). The third-order valence-corrected chi connectivity index (χ3v) is 3.61. The Hall–Kier alpha value is -1.46. The van der Waals surface area contributed by atoms with Gasteiger partial charge in [-0.1, -0.05) is 13.0 Å². The van der Waals surface area contributed by atoms with Gasteiger partial charge in [0.1, 0.15) is 5.82 Å². The zero-order chi connectivity index (χ0) is 14.5. The maximum Gasteiger partial charge on any atom is 0.238 e. The van der Waals surface area contributed by atoms with Crippen LogP contribution in [0.25, 0.3) is 0 Å². The Morgan fingerprint density at radius 1 is 1.50 bits per heavy atom. The topological polar surface area (TPSA) is 44.4 Å². The van der Waals surface area contributed by atoms with Crippen LogP contribution in [0.2, 0.25) is 0 Å². The number of carbonyl (C=O) groups is 1. The molecule has 0 spiro atoms. The SMILES string of the molecule is CCCN(CC(=O)Nc1cc(F)ccc1C)C1CNC1. The fourth-order valence-corrected chi connectivity index (χ4v) is 2.31. The van der Waals surface area contributed by atoms with Crippen molar-refractivity contribution in [2.45, 2.75) is 26.3 Å². The van der Waals surface area contributed by atoms with Gasteiger partial charge in [-0.2, -0.15) is 0 Å². The molecule has 4 nitrogen and oxygen atoms in total. The lowest BCUT2D eigenvalue weighted by Crippen LogP contribution is -2.58. The highest BCUT2D eigenvalue weighted by Gasteiger charge is 2.25. The third-order valence-electron chi connectivity index (χ3n) is 3.61. The van der Waals surface area contributed by atoms with Crippen LogP contribution in [0.4, 0.5) is 10.1 Å². The molecular weight excluding hydrogens is 257 g/mol. The molecule has 0 bridgehead atoms. The Morgan fingerprint density at radius 2 is 2.25 bits per heavy atom. The Kier molecular flexibility index (Phi) is 5.09. The molecule has 2 N–H and O–H groups in total. The number of hydrogen-bond donors (Lipinski definition) is 2. The highest BCUT2D eigenvalue weighted by atomic mass is 19.1. The van der Waals surface area contributed by atoms with Gasteiger partial charge in [-0.25, -0.2) is 4.39 Å². The van der Waals surface area contributed by atoms with Gasteiger partial charge in [0.15, 0.2) is 0 Å². The Bertz CT molecular complexity index is 474. The summed E-state index contributed by atoms with van der Waals surface area (Å²) < 4.78 is 13.2. The number of anilines is 1. The van der Waals surface area contributed by atoms with Crippen LogP contribution < -0.4 is 10.6 Å². The van der Waals surface area contributed by atoms with Crippen molar-refractivity contribution in [3.8, 4) is 0 Å². The summed E-state index contributed by atoms with van der Waals surface area (Å²) in [5.74, 6) is -0.418. The fourth-order valence-electron chi connectivity index (χ4n) is 2.31. The molecule has 0 atom stereocenters. The zero-order valence-electron chi connectivity index (χ0n) is 12.1. The minimum atomic E-state index is -0.334. The molecule has 1 fully saturated rings. The van der Waals surface area contributed by atoms with E-state index in [0.29, 0.717) is 18.3 Å². The average molecular weight is 279 g/mol. The molecule has 0 radical (unpaired) electrons. The quantitative estimate of drug-likeness (QED) is 0.834. The van der Waals surface area contributed by atoms with E-state index >= 15 is 0 Å². The number of nitrogens with one attached hydrogen (secondary N) is 2. The van der Waals surface area contributed by atoms with Crippen LogP contribution in [0.5, 0.6) is 0 Å². The zero-order valence-corrected chi connectivity index (χ0v) is 12.1. The number of halogens is 1. The van der Waals surface area contributed by atoms with Crippen molar-refractivity contribution in [1.82, 2.24) is 10.2 Å². The third kappa shape index (κ3) is 3.77. The Morgan fingerprint density at radius 3 is 2.85 bits per heavy atom. The first-order valence-corrected chi connectivity index (χ1v) is 7.11. The molecule has 1 aliphatic rings. The molecule has 5 heteroatoms. The van der Waals surface area contributed by atoms with Crippen LogP contribution >= 0.6 is 0 Å². The molecule has 1 aromatic carbocycles. The normalized spacial score (nSPS) is 15.2. The molecule has 0 saturated carbocycles. The van der Waals surface area contributed by atoms with E-state index in [4.69, 9.17) is 0 Å². The predicted molar refractivity (Wildman–Crippen MR) is 78.3 cm³/mol. The smallest absolute Gasteiger partial charge is 0.238 e. The summed E-state index contributed by atoms with van der Waals surface area (Å²) >= 11 is 0. The van der Waals surface area contributed by atoms with Crippen molar-refractivity contribution >= 4 is 11.6 Å². The van der Waals surface area contributed by atoms with Gasteiger partial charge in [-0.15, -0.1) is 0 Å². The van der Waals surface area contributed by atoms with E-state index in [2.05, 4.69) is 22.5 Å². The molecule has 0 aliphatic carbocycles. The second-order valence-corrected chi connectivity index (χ2v) is 5.29. The largest absolute Gasteiger partial charge is 0.325 e. The van der Waals surface area contributed by atoms with Crippen LogP contribution in [-0.4, -0.2) is 43.0 Å². The average Bonchev–Trinajstić information content (AvgIpc) is 2.32. The predicted octanol–water partition coefficient (Wildman–Crippen LogP) is 1.76. The number of nitrogens with zero attached hydrogens (tertiary/aromatic N) is 1. The number of benzene rings is 1. The lowest BCUT2D eigenvalue weighted by Gasteiger charge is -2.37. The van der Waals surface area contributed by atoms with E-state index in [0.717, 1.165) is 31.6 Å². The standard InChI is InChI=1S/C15H22FN3O/c1-3-6-19(13-8-17-9-13)10-15(20)18-14-7-12(16)5-4-11(14)2/h4-5,7,13,17H,3,6,8-10H2,1-2H3,(H,18,20). The lowest BCUT2D eigenvalue weighted by atomic mass is 10.1. The second kappa shape index (κ2) is 6.81. The van der Waals surface area contributed by atoms with Crippen molar-refractivity contribution in [3.05, 3.63) is 29.6 Å². The molecule has 110 valence electrons. The number of aryl methyl sites for hydroxylation is 1. The Balaban J connectivity index is 1.94. The van der Waals surface area contributed by atoms with E-state index in [1.165, 1.54) is 12.1 Å². The molecule has 20 heavy (non-hydrogen) atoms. The maximum absolute atomic E-state index is 13.2. The van der Waals surface area contributed by atoms with E-state index in [9.17, 15) is 9.18 Å². The molecule has 1 aromatic rings. The molecule has 1 heterocycles. The van der Waals surface area contributed by atoms with Gasteiger partial charge >= 0.3 is 0 Å². The van der Waals surface area contributed by atoms with Gasteiger partial charge in [0.2, 0.25) is 5.91 Å². The summed E-state index contributed by atoms with van der Waals surface area (Å²) in [6.45, 7) is 7.10. The van der Waals surface area contributed by atoms with Crippen molar-refractivity contribution in [2.24, 2.45) is 0 Å². The van der Waals surface area contributed by atoms with Gasteiger partial charge in [0.05, 0.1) is 6.54 Å². The maximum atomic E-state index is 13.2. The van der Waals surface area contributed by atoms with Crippen LogP contribution in [0, 0.1) is 12.7 Å². The van der Waals surface area contributed by atoms with E-state index < -0.39 is 0 Å². The molecule has 1 aliphatic heterocycles. The van der Waals surface area contributed by atoms with Crippen LogP contribution in [0.3, 0.4) is 0 Å². The molecule has 0 aromatic heterocycles. The van der Waals surface area contributed by atoms with Crippen molar-refractivity contribution < 1.29 is 9.18 Å². The minimum Gasteiger partial charge on any atom is -0.325 e. The van der Waals surface area contributed by atoms with E-state index in [-0.39, 0.29) is 11.7 Å². The second-order valence-electron chi connectivity index (χ2n) is 5.29. The number of carbonyl (C=O) groups excluding carboxylic acids is 1. The highest BCUT2D eigenvalue weighted by molar-refractivity contribution is 5.93. The first-order valence-electron chi connectivity index (χ1n) is 7.11. The molecular formula is C15H22FN3O. The molecule has 0 unspecified atom stereocenters. The number of hydrogen-bond acceptors (Lipinski definition) is 3. The van der Waals surface area contributed by atoms with Crippen molar-refractivity contribution in [3.63, 3.8) is 0 Å². The van der Waals surface area contributed by atoms with Crippen molar-refractivity contribution in [2.75, 3.05) is 31.5 Å². The summed E-state index contributed by atoms with van der Waals surface area (Å²) in [5.41, 5.74) is 1.42. The Labute approximate surface area is 119 Å². The van der Waals surface area contributed by atoms with Gasteiger partial charge in [0, 0.05) is 24.8 Å². The van der Waals surface area contributed by atoms with Gasteiger partial charge < -0.3 is 10.6 Å².